The van der Waals surface area contributed by atoms with E-state index in [1.54, 1.807) is 7.11 Å². The van der Waals surface area contributed by atoms with Crippen molar-refractivity contribution in [1.82, 2.24) is 19.9 Å². The molecule has 0 aliphatic carbocycles. The van der Waals surface area contributed by atoms with E-state index in [0.717, 1.165) is 24.6 Å². The lowest BCUT2D eigenvalue weighted by Crippen LogP contribution is -2.27. The Morgan fingerprint density at radius 2 is 2.17 bits per heavy atom. The van der Waals surface area contributed by atoms with Crippen LogP contribution in [0.2, 0.25) is 0 Å². The van der Waals surface area contributed by atoms with Crippen molar-refractivity contribution in [2.24, 2.45) is 5.92 Å². The summed E-state index contributed by atoms with van der Waals surface area (Å²) in [5.74, 6) is 1.42. The molecule has 5 nitrogen and oxygen atoms in total. The van der Waals surface area contributed by atoms with E-state index in [9.17, 15) is 0 Å². The molecular weight excluding hydrogens is 228 g/mol. The van der Waals surface area contributed by atoms with E-state index in [1.165, 1.54) is 0 Å². The second-order valence-electron chi connectivity index (χ2n) is 4.68. The quantitative estimate of drug-likeness (QED) is 0.844. The Balaban J connectivity index is 2.02. The number of methoxy groups -OCH3 is 1. The largest absolute Gasteiger partial charge is 0.384 e. The number of rotatable bonds is 6. The number of ether oxygens (including phenoxy) is 1. The van der Waals surface area contributed by atoms with Crippen LogP contribution >= 0.6 is 0 Å². The number of hydrogen-bond donors (Lipinski definition) is 1. The van der Waals surface area contributed by atoms with Crippen LogP contribution in [-0.2, 0) is 4.74 Å². The van der Waals surface area contributed by atoms with Gasteiger partial charge in [0, 0.05) is 26.5 Å². The molecule has 1 N–H and O–H groups in total. The Hall–Kier alpha value is -1.46. The van der Waals surface area contributed by atoms with Gasteiger partial charge in [-0.15, -0.1) is 10.2 Å². The van der Waals surface area contributed by atoms with Gasteiger partial charge in [0.2, 0.25) is 0 Å². The first-order valence-electron chi connectivity index (χ1n) is 6.24. The van der Waals surface area contributed by atoms with Gasteiger partial charge in [-0.25, -0.2) is 0 Å². The third-order valence-electron chi connectivity index (χ3n) is 2.95. The van der Waals surface area contributed by atoms with E-state index in [-0.39, 0.29) is 6.04 Å². The average Bonchev–Trinajstić information content (AvgIpc) is 2.80. The van der Waals surface area contributed by atoms with Crippen molar-refractivity contribution >= 4 is 5.65 Å². The summed E-state index contributed by atoms with van der Waals surface area (Å²) >= 11 is 0. The van der Waals surface area contributed by atoms with Crippen LogP contribution in [0.1, 0.15) is 25.7 Å². The third kappa shape index (κ3) is 2.86. The van der Waals surface area contributed by atoms with Crippen LogP contribution in [-0.4, -0.2) is 34.9 Å². The highest BCUT2D eigenvalue weighted by Crippen LogP contribution is 2.11. The van der Waals surface area contributed by atoms with Crippen molar-refractivity contribution in [3.05, 3.63) is 30.2 Å². The van der Waals surface area contributed by atoms with Gasteiger partial charge in [0.15, 0.2) is 11.5 Å². The molecule has 0 aliphatic heterocycles. The lowest BCUT2D eigenvalue weighted by atomic mass is 10.2. The van der Waals surface area contributed by atoms with Gasteiger partial charge in [0.1, 0.15) is 0 Å². The van der Waals surface area contributed by atoms with Gasteiger partial charge in [0.05, 0.1) is 6.04 Å². The number of fused-ring (bicyclic) bond motifs is 1. The second kappa shape index (κ2) is 5.93. The van der Waals surface area contributed by atoms with Gasteiger partial charge in [-0.1, -0.05) is 13.0 Å². The zero-order chi connectivity index (χ0) is 13.0. The zero-order valence-electron chi connectivity index (χ0n) is 11.1. The standard InChI is InChI=1S/C13H20N4O/c1-10(9-18-3)8-14-11(2)13-16-15-12-6-4-5-7-17(12)13/h4-7,10-11,14H,8-9H2,1-3H3. The monoisotopic (exact) mass is 248 g/mol. The summed E-state index contributed by atoms with van der Waals surface area (Å²) in [5.41, 5.74) is 0.881. The fraction of sp³-hybridized carbons (Fsp3) is 0.538. The van der Waals surface area contributed by atoms with E-state index in [0.29, 0.717) is 5.92 Å². The van der Waals surface area contributed by atoms with Gasteiger partial charge in [-0.3, -0.25) is 4.40 Å². The number of nitrogens with zero attached hydrogens (tertiary/aromatic N) is 3. The van der Waals surface area contributed by atoms with Crippen LogP contribution in [0.25, 0.3) is 5.65 Å². The molecule has 2 unspecified atom stereocenters. The molecule has 18 heavy (non-hydrogen) atoms. The Bertz CT molecular complexity index is 496. The molecule has 2 heterocycles. The topological polar surface area (TPSA) is 51.5 Å². The summed E-state index contributed by atoms with van der Waals surface area (Å²) in [4.78, 5) is 0. The lowest BCUT2D eigenvalue weighted by Gasteiger charge is -2.16. The number of hydrogen-bond acceptors (Lipinski definition) is 4. The molecule has 0 amide bonds. The third-order valence-corrected chi connectivity index (χ3v) is 2.95. The summed E-state index contributed by atoms with van der Waals surface area (Å²) < 4.78 is 7.14. The Labute approximate surface area is 107 Å². The van der Waals surface area contributed by atoms with Gasteiger partial charge in [-0.05, 0) is 25.0 Å². The molecule has 0 saturated carbocycles. The summed E-state index contributed by atoms with van der Waals surface area (Å²) in [7, 11) is 1.73. The van der Waals surface area contributed by atoms with Crippen LogP contribution in [0, 0.1) is 5.92 Å². The molecule has 2 aromatic heterocycles. The fourth-order valence-corrected chi connectivity index (χ4v) is 1.97. The van der Waals surface area contributed by atoms with Gasteiger partial charge in [-0.2, -0.15) is 0 Å². The summed E-state index contributed by atoms with van der Waals surface area (Å²) in [6.07, 6.45) is 1.99. The predicted octanol–water partition coefficient (Wildman–Crippen LogP) is 1.66. The molecule has 0 radical (unpaired) electrons. The van der Waals surface area contributed by atoms with Gasteiger partial charge < -0.3 is 10.1 Å². The van der Waals surface area contributed by atoms with Crippen molar-refractivity contribution in [1.29, 1.82) is 0 Å². The summed E-state index contributed by atoms with van der Waals surface area (Å²) in [5, 5.41) is 11.8. The van der Waals surface area contributed by atoms with E-state index < -0.39 is 0 Å². The highest BCUT2D eigenvalue weighted by Gasteiger charge is 2.13. The molecule has 2 rings (SSSR count). The van der Waals surface area contributed by atoms with Crippen LogP contribution in [0.5, 0.6) is 0 Å². The maximum atomic E-state index is 5.12. The summed E-state index contributed by atoms with van der Waals surface area (Å²) in [6.45, 7) is 5.92. The Kier molecular flexibility index (Phi) is 4.28. The molecule has 98 valence electrons. The first-order chi connectivity index (χ1) is 8.72. The van der Waals surface area contributed by atoms with Crippen LogP contribution in [0.15, 0.2) is 24.4 Å². The number of aromatic nitrogens is 3. The number of pyridine rings is 1. The molecule has 0 fully saturated rings. The maximum absolute atomic E-state index is 5.12. The highest BCUT2D eigenvalue weighted by molar-refractivity contribution is 5.37. The molecule has 0 bridgehead atoms. The van der Waals surface area contributed by atoms with Gasteiger partial charge in [0.25, 0.3) is 0 Å². The summed E-state index contributed by atoms with van der Waals surface area (Å²) in [6, 6.07) is 6.07. The van der Waals surface area contributed by atoms with Crippen molar-refractivity contribution < 1.29 is 4.74 Å². The molecule has 0 aromatic carbocycles. The number of nitrogens with one attached hydrogen (secondary N) is 1. The zero-order valence-corrected chi connectivity index (χ0v) is 11.1. The normalized spacial score (nSPS) is 14.8. The molecule has 0 aliphatic rings. The molecule has 5 heteroatoms. The van der Waals surface area contributed by atoms with E-state index in [2.05, 4.69) is 29.4 Å². The lowest BCUT2D eigenvalue weighted by molar-refractivity contribution is 0.157. The van der Waals surface area contributed by atoms with Crippen molar-refractivity contribution in [2.75, 3.05) is 20.3 Å². The van der Waals surface area contributed by atoms with Gasteiger partial charge >= 0.3 is 0 Å². The molecule has 2 atom stereocenters. The first kappa shape index (κ1) is 13.0. The minimum Gasteiger partial charge on any atom is -0.384 e. The van der Waals surface area contributed by atoms with Crippen molar-refractivity contribution in [2.45, 2.75) is 19.9 Å². The fourth-order valence-electron chi connectivity index (χ4n) is 1.97. The molecule has 0 saturated heterocycles. The van der Waals surface area contributed by atoms with E-state index in [4.69, 9.17) is 4.74 Å². The van der Waals surface area contributed by atoms with E-state index >= 15 is 0 Å². The molecule has 0 spiro atoms. The Morgan fingerprint density at radius 3 is 2.94 bits per heavy atom. The minimum absolute atomic E-state index is 0.168. The van der Waals surface area contributed by atoms with Crippen molar-refractivity contribution in [3.8, 4) is 0 Å². The molecular formula is C13H20N4O. The minimum atomic E-state index is 0.168. The maximum Gasteiger partial charge on any atom is 0.160 e. The molecule has 2 aromatic rings. The first-order valence-corrected chi connectivity index (χ1v) is 6.24. The second-order valence-corrected chi connectivity index (χ2v) is 4.68. The highest BCUT2D eigenvalue weighted by atomic mass is 16.5. The van der Waals surface area contributed by atoms with E-state index in [1.807, 2.05) is 28.8 Å². The smallest absolute Gasteiger partial charge is 0.160 e. The Morgan fingerprint density at radius 1 is 1.33 bits per heavy atom. The predicted molar refractivity (Wildman–Crippen MR) is 70.4 cm³/mol. The average molecular weight is 248 g/mol. The van der Waals surface area contributed by atoms with Crippen LogP contribution in [0.4, 0.5) is 0 Å². The SMILES string of the molecule is COCC(C)CNC(C)c1nnc2ccccn12. The van der Waals surface area contributed by atoms with Crippen LogP contribution in [0.3, 0.4) is 0 Å². The van der Waals surface area contributed by atoms with Crippen LogP contribution < -0.4 is 5.32 Å². The van der Waals surface area contributed by atoms with Crippen molar-refractivity contribution in [3.63, 3.8) is 0 Å².